The van der Waals surface area contributed by atoms with Gasteiger partial charge in [-0.15, -0.1) is 0 Å². The van der Waals surface area contributed by atoms with Crippen molar-refractivity contribution in [2.45, 2.75) is 132 Å². The molecule has 0 radical (unpaired) electrons. The Morgan fingerprint density at radius 2 is 1.10 bits per heavy atom. The number of rotatable bonds is 18. The van der Waals surface area contributed by atoms with Crippen molar-refractivity contribution >= 4 is 6.29 Å². The summed E-state index contributed by atoms with van der Waals surface area (Å²) in [7, 11) is 0. The lowest BCUT2D eigenvalue weighted by Gasteiger charge is -2.26. The summed E-state index contributed by atoms with van der Waals surface area (Å²) < 4.78 is 0. The molecule has 0 heterocycles. The zero-order valence-corrected chi connectivity index (χ0v) is 22.0. The molecule has 0 aliphatic carbocycles. The van der Waals surface area contributed by atoms with Crippen LogP contribution in [0, 0.1) is 5.41 Å². The third kappa shape index (κ3) is 16.9. The molecule has 0 saturated carbocycles. The summed E-state index contributed by atoms with van der Waals surface area (Å²) in [6.07, 6.45) is 25.4. The smallest absolute Gasteiger partial charge is 0.126 e. The van der Waals surface area contributed by atoms with Gasteiger partial charge in [-0.25, -0.2) is 0 Å². The van der Waals surface area contributed by atoms with Crippen LogP contribution in [0.15, 0.2) is 46.6 Å². The molecule has 0 amide bonds. The molecular weight excluding hydrogens is 376 g/mol. The van der Waals surface area contributed by atoms with Gasteiger partial charge in [0.25, 0.3) is 0 Å². The molecule has 0 spiro atoms. The summed E-state index contributed by atoms with van der Waals surface area (Å²) in [4.78, 5) is 12.3. The molecular formula is C30H52O. The van der Waals surface area contributed by atoms with E-state index in [0.717, 1.165) is 51.4 Å². The molecule has 0 aromatic heterocycles. The average Bonchev–Trinajstić information content (AvgIpc) is 2.71. The second-order valence-corrected chi connectivity index (χ2v) is 10.1. The van der Waals surface area contributed by atoms with Gasteiger partial charge >= 0.3 is 0 Å². The van der Waals surface area contributed by atoms with Crippen LogP contribution in [-0.2, 0) is 4.79 Å². The third-order valence-electron chi connectivity index (χ3n) is 6.17. The molecule has 178 valence electrons. The standard InChI is InChI=1S/C30H52O/c1-8-9-10-11-12-13-22-30(25-31,23-20-28(6)18-14-16-26(2)3)24-21-29(7)19-15-17-27(4)5/h16-17,20-21,25H,8-15,18-19,22-24H2,1-7H3. The topological polar surface area (TPSA) is 17.1 Å². The van der Waals surface area contributed by atoms with Crippen molar-refractivity contribution in [3.8, 4) is 0 Å². The van der Waals surface area contributed by atoms with Crippen LogP contribution >= 0.6 is 0 Å². The third-order valence-corrected chi connectivity index (χ3v) is 6.17. The monoisotopic (exact) mass is 428 g/mol. The van der Waals surface area contributed by atoms with Gasteiger partial charge in [-0.3, -0.25) is 0 Å². The maximum absolute atomic E-state index is 12.3. The van der Waals surface area contributed by atoms with Crippen LogP contribution in [0.1, 0.15) is 132 Å². The highest BCUT2D eigenvalue weighted by atomic mass is 16.1. The Labute approximate surface area is 195 Å². The summed E-state index contributed by atoms with van der Waals surface area (Å²) in [5.74, 6) is 0. The summed E-state index contributed by atoms with van der Waals surface area (Å²) in [5.41, 5.74) is 5.35. The first-order valence-electron chi connectivity index (χ1n) is 12.8. The molecule has 0 aliphatic heterocycles. The SMILES string of the molecule is CCCCCCCCC(C=O)(CC=C(C)CCC=C(C)C)CC=C(C)CCC=C(C)C. The number of unbranched alkanes of at least 4 members (excludes halogenated alkanes) is 5. The first-order valence-corrected chi connectivity index (χ1v) is 12.8. The van der Waals surface area contributed by atoms with Gasteiger partial charge in [0.2, 0.25) is 0 Å². The van der Waals surface area contributed by atoms with E-state index in [1.54, 1.807) is 0 Å². The van der Waals surface area contributed by atoms with E-state index < -0.39 is 0 Å². The van der Waals surface area contributed by atoms with E-state index in [9.17, 15) is 4.79 Å². The lowest BCUT2D eigenvalue weighted by molar-refractivity contribution is -0.116. The second-order valence-electron chi connectivity index (χ2n) is 10.1. The molecule has 0 bridgehead atoms. The van der Waals surface area contributed by atoms with Crippen LogP contribution in [0.4, 0.5) is 0 Å². The fourth-order valence-corrected chi connectivity index (χ4v) is 3.84. The minimum Gasteiger partial charge on any atom is -0.303 e. The van der Waals surface area contributed by atoms with Crippen LogP contribution in [0.3, 0.4) is 0 Å². The molecule has 0 aromatic carbocycles. The van der Waals surface area contributed by atoms with Crippen molar-refractivity contribution in [2.75, 3.05) is 0 Å². The Bertz CT molecular complexity index is 552. The Morgan fingerprint density at radius 1 is 0.645 bits per heavy atom. The molecule has 0 aliphatic rings. The molecule has 0 aromatic rings. The van der Waals surface area contributed by atoms with Gasteiger partial charge in [0.15, 0.2) is 0 Å². The highest BCUT2D eigenvalue weighted by molar-refractivity contribution is 5.60. The maximum atomic E-state index is 12.3. The van der Waals surface area contributed by atoms with Gasteiger partial charge in [0.1, 0.15) is 6.29 Å². The van der Waals surface area contributed by atoms with Crippen LogP contribution < -0.4 is 0 Å². The van der Waals surface area contributed by atoms with Crippen molar-refractivity contribution in [1.29, 1.82) is 0 Å². The number of aldehydes is 1. The first kappa shape index (κ1) is 29.6. The van der Waals surface area contributed by atoms with E-state index in [1.165, 1.54) is 60.7 Å². The maximum Gasteiger partial charge on any atom is 0.126 e. The van der Waals surface area contributed by atoms with Gasteiger partial charge in [0, 0.05) is 5.41 Å². The van der Waals surface area contributed by atoms with E-state index >= 15 is 0 Å². The normalized spacial score (nSPS) is 14.2. The van der Waals surface area contributed by atoms with Gasteiger partial charge in [-0.2, -0.15) is 0 Å². The molecule has 0 N–H and O–H groups in total. The first-order chi connectivity index (χ1) is 14.7. The number of hydrogen-bond donors (Lipinski definition) is 0. The molecule has 0 atom stereocenters. The van der Waals surface area contributed by atoms with Crippen molar-refractivity contribution in [3.63, 3.8) is 0 Å². The van der Waals surface area contributed by atoms with Gasteiger partial charge in [-0.05, 0) is 86.5 Å². The van der Waals surface area contributed by atoms with Crippen molar-refractivity contribution in [2.24, 2.45) is 5.41 Å². The lowest BCUT2D eigenvalue weighted by Crippen LogP contribution is -2.21. The molecule has 0 rings (SSSR count). The largest absolute Gasteiger partial charge is 0.303 e. The van der Waals surface area contributed by atoms with Crippen LogP contribution in [0.2, 0.25) is 0 Å². The summed E-state index contributed by atoms with van der Waals surface area (Å²) in [5, 5.41) is 0. The zero-order chi connectivity index (χ0) is 23.5. The molecule has 1 heteroatoms. The van der Waals surface area contributed by atoms with Gasteiger partial charge in [-0.1, -0.05) is 92.0 Å². The van der Waals surface area contributed by atoms with E-state index in [1.807, 2.05) is 0 Å². The predicted molar refractivity (Wildman–Crippen MR) is 141 cm³/mol. The number of carbonyl (C=O) groups excluding carboxylic acids is 1. The van der Waals surface area contributed by atoms with E-state index in [2.05, 4.69) is 72.8 Å². The molecule has 31 heavy (non-hydrogen) atoms. The summed E-state index contributed by atoms with van der Waals surface area (Å²) >= 11 is 0. The van der Waals surface area contributed by atoms with Crippen LogP contribution in [-0.4, -0.2) is 6.29 Å². The van der Waals surface area contributed by atoms with Gasteiger partial charge in [0.05, 0.1) is 0 Å². The van der Waals surface area contributed by atoms with Gasteiger partial charge < -0.3 is 4.79 Å². The minimum absolute atomic E-state index is 0.236. The Hall–Kier alpha value is -1.37. The highest BCUT2D eigenvalue weighted by Gasteiger charge is 2.27. The van der Waals surface area contributed by atoms with E-state index in [-0.39, 0.29) is 5.41 Å². The highest BCUT2D eigenvalue weighted by Crippen LogP contribution is 2.34. The van der Waals surface area contributed by atoms with Crippen LogP contribution in [0.25, 0.3) is 0 Å². The molecule has 0 saturated heterocycles. The zero-order valence-electron chi connectivity index (χ0n) is 22.0. The molecule has 1 nitrogen and oxygen atoms in total. The molecule has 0 unspecified atom stereocenters. The fourth-order valence-electron chi connectivity index (χ4n) is 3.84. The number of allylic oxidation sites excluding steroid dienone is 8. The van der Waals surface area contributed by atoms with Crippen molar-refractivity contribution in [3.05, 3.63) is 46.6 Å². The van der Waals surface area contributed by atoms with E-state index in [4.69, 9.17) is 0 Å². The fraction of sp³-hybridized carbons (Fsp3) is 0.700. The second kappa shape index (κ2) is 18.2. The van der Waals surface area contributed by atoms with Crippen molar-refractivity contribution in [1.82, 2.24) is 0 Å². The summed E-state index contributed by atoms with van der Waals surface area (Å²) in [6.45, 7) is 15.3. The number of hydrogen-bond acceptors (Lipinski definition) is 1. The Morgan fingerprint density at radius 3 is 1.52 bits per heavy atom. The molecule has 0 fully saturated rings. The quantitative estimate of drug-likeness (QED) is 0.120. The number of carbonyl (C=O) groups is 1. The lowest BCUT2D eigenvalue weighted by atomic mass is 9.76. The predicted octanol–water partition coefficient (Wildman–Crippen LogP) is 10.1. The Balaban J connectivity index is 5.07. The Kier molecular flexibility index (Phi) is 17.4. The van der Waals surface area contributed by atoms with Crippen LogP contribution in [0.5, 0.6) is 0 Å². The van der Waals surface area contributed by atoms with Crippen molar-refractivity contribution < 1.29 is 4.79 Å². The average molecular weight is 429 g/mol. The van der Waals surface area contributed by atoms with E-state index in [0.29, 0.717) is 0 Å². The minimum atomic E-state index is -0.236. The summed E-state index contributed by atoms with van der Waals surface area (Å²) in [6, 6.07) is 0.